The second-order valence-electron chi connectivity index (χ2n) is 4.92. The Kier molecular flexibility index (Phi) is 3.83. The Balaban J connectivity index is 2.15. The number of cyclic esters (lactones) is 1. The number of ether oxygens (including phenoxy) is 1. The minimum atomic E-state index is -0.639. The standard InChI is InChI=1S/C14H16FNO3/c1-9(2)12-8-19-14(18)16(12)13(17)7-10-5-3-4-6-11(10)15/h3-6,9,12H,7-8H2,1-2H3/t12-/m0/s1. The van der Waals surface area contributed by atoms with Crippen molar-refractivity contribution in [3.63, 3.8) is 0 Å². The summed E-state index contributed by atoms with van der Waals surface area (Å²) >= 11 is 0. The highest BCUT2D eigenvalue weighted by Crippen LogP contribution is 2.21. The maximum atomic E-state index is 13.5. The number of imide groups is 1. The molecule has 1 atom stereocenters. The number of hydrogen-bond acceptors (Lipinski definition) is 3. The van der Waals surface area contributed by atoms with Crippen molar-refractivity contribution in [1.82, 2.24) is 4.90 Å². The summed E-state index contributed by atoms with van der Waals surface area (Å²) in [6, 6.07) is 5.79. The quantitative estimate of drug-likeness (QED) is 0.843. The van der Waals surface area contributed by atoms with Crippen molar-refractivity contribution in [3.05, 3.63) is 35.6 Å². The number of hydrogen-bond donors (Lipinski definition) is 0. The van der Waals surface area contributed by atoms with Crippen molar-refractivity contribution in [1.29, 1.82) is 0 Å². The topological polar surface area (TPSA) is 46.6 Å². The van der Waals surface area contributed by atoms with E-state index in [1.165, 1.54) is 6.07 Å². The summed E-state index contributed by atoms with van der Waals surface area (Å²) < 4.78 is 18.4. The van der Waals surface area contributed by atoms with Crippen molar-refractivity contribution in [2.45, 2.75) is 26.3 Å². The van der Waals surface area contributed by atoms with Gasteiger partial charge in [0.25, 0.3) is 0 Å². The Morgan fingerprint density at radius 1 is 1.47 bits per heavy atom. The molecule has 0 aliphatic carbocycles. The summed E-state index contributed by atoms with van der Waals surface area (Å²) in [6.07, 6.45) is -0.773. The molecule has 1 aromatic rings. The van der Waals surface area contributed by atoms with E-state index in [4.69, 9.17) is 4.74 Å². The van der Waals surface area contributed by atoms with Gasteiger partial charge in [0, 0.05) is 0 Å². The second-order valence-corrected chi connectivity index (χ2v) is 4.92. The van der Waals surface area contributed by atoms with Crippen LogP contribution in [-0.2, 0) is 16.0 Å². The molecule has 0 saturated carbocycles. The maximum absolute atomic E-state index is 13.5. The molecule has 1 aliphatic heterocycles. The molecule has 4 nitrogen and oxygen atoms in total. The van der Waals surface area contributed by atoms with Crippen LogP contribution in [0.1, 0.15) is 19.4 Å². The van der Waals surface area contributed by atoms with E-state index in [9.17, 15) is 14.0 Å². The number of carbonyl (C=O) groups excluding carboxylic acids is 2. The number of halogens is 1. The minimum Gasteiger partial charge on any atom is -0.447 e. The predicted molar refractivity (Wildman–Crippen MR) is 66.9 cm³/mol. The van der Waals surface area contributed by atoms with Crippen molar-refractivity contribution >= 4 is 12.0 Å². The van der Waals surface area contributed by atoms with Crippen molar-refractivity contribution in [3.8, 4) is 0 Å². The van der Waals surface area contributed by atoms with Gasteiger partial charge in [0.05, 0.1) is 12.5 Å². The van der Waals surface area contributed by atoms with Crippen LogP contribution in [0.5, 0.6) is 0 Å². The molecular weight excluding hydrogens is 249 g/mol. The van der Waals surface area contributed by atoms with E-state index >= 15 is 0 Å². The number of amides is 2. The molecular formula is C14H16FNO3. The van der Waals surface area contributed by atoms with E-state index in [1.54, 1.807) is 18.2 Å². The summed E-state index contributed by atoms with van der Waals surface area (Å²) in [6.45, 7) is 4.03. The van der Waals surface area contributed by atoms with Gasteiger partial charge in [0.1, 0.15) is 12.4 Å². The summed E-state index contributed by atoms with van der Waals surface area (Å²) in [5.41, 5.74) is 0.287. The fraction of sp³-hybridized carbons (Fsp3) is 0.429. The first-order chi connectivity index (χ1) is 9.00. The van der Waals surface area contributed by atoms with Crippen LogP contribution in [0.4, 0.5) is 9.18 Å². The van der Waals surface area contributed by atoms with Crippen LogP contribution in [-0.4, -0.2) is 29.5 Å². The average molecular weight is 265 g/mol. The minimum absolute atomic E-state index is 0.107. The van der Waals surface area contributed by atoms with Crippen LogP contribution in [0.15, 0.2) is 24.3 Å². The van der Waals surface area contributed by atoms with Gasteiger partial charge in [-0.15, -0.1) is 0 Å². The normalized spacial score (nSPS) is 18.8. The van der Waals surface area contributed by atoms with Crippen LogP contribution in [0.3, 0.4) is 0 Å². The van der Waals surface area contributed by atoms with Crippen LogP contribution >= 0.6 is 0 Å². The molecule has 1 saturated heterocycles. The van der Waals surface area contributed by atoms with E-state index in [-0.39, 0.29) is 30.6 Å². The second kappa shape index (κ2) is 5.38. The molecule has 2 amide bonds. The van der Waals surface area contributed by atoms with Gasteiger partial charge in [-0.25, -0.2) is 14.1 Å². The highest BCUT2D eigenvalue weighted by molar-refractivity contribution is 5.94. The zero-order chi connectivity index (χ0) is 14.0. The average Bonchev–Trinajstić information content (AvgIpc) is 2.74. The lowest BCUT2D eigenvalue weighted by molar-refractivity contribution is -0.129. The van der Waals surface area contributed by atoms with E-state index in [1.807, 2.05) is 13.8 Å². The molecule has 5 heteroatoms. The Labute approximate surface area is 111 Å². The monoisotopic (exact) mass is 265 g/mol. The molecule has 0 aromatic heterocycles. The SMILES string of the molecule is CC(C)[C@@H]1COC(=O)N1C(=O)Cc1ccccc1F. The molecule has 2 rings (SSSR count). The van der Waals surface area contributed by atoms with Crippen LogP contribution in [0, 0.1) is 11.7 Å². The lowest BCUT2D eigenvalue weighted by atomic mass is 10.0. The zero-order valence-corrected chi connectivity index (χ0v) is 10.9. The third-order valence-corrected chi connectivity index (χ3v) is 3.24. The van der Waals surface area contributed by atoms with Crippen LogP contribution < -0.4 is 0 Å². The molecule has 0 unspecified atom stereocenters. The van der Waals surface area contributed by atoms with E-state index in [0.29, 0.717) is 0 Å². The zero-order valence-electron chi connectivity index (χ0n) is 10.9. The lowest BCUT2D eigenvalue weighted by Crippen LogP contribution is -2.42. The maximum Gasteiger partial charge on any atom is 0.416 e. The van der Waals surface area contributed by atoms with Gasteiger partial charge in [-0.2, -0.15) is 0 Å². The fourth-order valence-corrected chi connectivity index (χ4v) is 2.10. The van der Waals surface area contributed by atoms with Crippen molar-refractivity contribution in [2.75, 3.05) is 6.61 Å². The molecule has 19 heavy (non-hydrogen) atoms. The number of nitrogens with zero attached hydrogens (tertiary/aromatic N) is 1. The summed E-state index contributed by atoms with van der Waals surface area (Å²) in [5.74, 6) is -0.758. The first-order valence-corrected chi connectivity index (χ1v) is 6.23. The molecule has 1 fully saturated rings. The third kappa shape index (κ3) is 2.75. The Morgan fingerprint density at radius 2 is 2.16 bits per heavy atom. The van der Waals surface area contributed by atoms with E-state index < -0.39 is 17.8 Å². The van der Waals surface area contributed by atoms with Crippen LogP contribution in [0.2, 0.25) is 0 Å². The highest BCUT2D eigenvalue weighted by atomic mass is 19.1. The van der Waals surface area contributed by atoms with Gasteiger partial charge in [-0.05, 0) is 17.5 Å². The first-order valence-electron chi connectivity index (χ1n) is 6.23. The molecule has 102 valence electrons. The predicted octanol–water partition coefficient (Wildman–Crippen LogP) is 2.37. The Morgan fingerprint density at radius 3 is 2.79 bits per heavy atom. The Bertz CT molecular complexity index is 501. The fourth-order valence-electron chi connectivity index (χ4n) is 2.10. The van der Waals surface area contributed by atoms with Gasteiger partial charge in [-0.3, -0.25) is 4.79 Å². The van der Waals surface area contributed by atoms with E-state index in [0.717, 1.165) is 4.90 Å². The molecule has 0 N–H and O–H groups in total. The van der Waals surface area contributed by atoms with Gasteiger partial charge in [0.15, 0.2) is 0 Å². The molecule has 1 aromatic carbocycles. The summed E-state index contributed by atoms with van der Waals surface area (Å²) in [7, 11) is 0. The highest BCUT2D eigenvalue weighted by Gasteiger charge is 2.39. The third-order valence-electron chi connectivity index (χ3n) is 3.24. The molecule has 0 bridgehead atoms. The number of carbonyl (C=O) groups is 2. The molecule has 0 spiro atoms. The summed E-state index contributed by atoms with van der Waals surface area (Å²) in [5, 5.41) is 0. The Hall–Kier alpha value is -1.91. The van der Waals surface area contributed by atoms with Gasteiger partial charge in [-0.1, -0.05) is 32.0 Å². The number of rotatable bonds is 3. The van der Waals surface area contributed by atoms with E-state index in [2.05, 4.69) is 0 Å². The van der Waals surface area contributed by atoms with Gasteiger partial charge >= 0.3 is 6.09 Å². The van der Waals surface area contributed by atoms with Crippen molar-refractivity contribution < 1.29 is 18.7 Å². The lowest BCUT2D eigenvalue weighted by Gasteiger charge is -2.22. The smallest absolute Gasteiger partial charge is 0.416 e. The van der Waals surface area contributed by atoms with Crippen molar-refractivity contribution in [2.24, 2.45) is 5.92 Å². The van der Waals surface area contributed by atoms with Gasteiger partial charge < -0.3 is 4.74 Å². The molecule has 0 radical (unpaired) electrons. The van der Waals surface area contributed by atoms with Crippen LogP contribution in [0.25, 0.3) is 0 Å². The first kappa shape index (κ1) is 13.5. The molecule has 1 heterocycles. The largest absolute Gasteiger partial charge is 0.447 e. The molecule has 1 aliphatic rings. The summed E-state index contributed by atoms with van der Waals surface area (Å²) in [4.78, 5) is 24.9. The number of benzene rings is 1. The van der Waals surface area contributed by atoms with Gasteiger partial charge in [0.2, 0.25) is 5.91 Å².